The highest BCUT2D eigenvalue weighted by atomic mass is 16.3. The summed E-state index contributed by atoms with van der Waals surface area (Å²) in [5.74, 6) is 0. The Balaban J connectivity index is 1.98. The Morgan fingerprint density at radius 3 is 2.53 bits per heavy atom. The number of rotatable bonds is 3. The molecule has 1 aliphatic carbocycles. The fraction of sp³-hybridized carbons (Fsp3) is 0.533. The van der Waals surface area contributed by atoms with E-state index < -0.39 is 5.60 Å². The minimum atomic E-state index is -0.612. The van der Waals surface area contributed by atoms with Crippen LogP contribution in [0.3, 0.4) is 0 Å². The molecule has 0 spiro atoms. The highest BCUT2D eigenvalue weighted by Crippen LogP contribution is 2.27. The third-order valence-electron chi connectivity index (χ3n) is 3.83. The van der Waals surface area contributed by atoms with Gasteiger partial charge in [-0.15, -0.1) is 0 Å². The maximum Gasteiger partial charge on any atom is 0.101 e. The number of nitrogen functional groups attached to an aromatic ring is 1. The predicted molar refractivity (Wildman–Crippen MR) is 76.7 cm³/mol. The molecule has 0 atom stereocenters. The van der Waals surface area contributed by atoms with E-state index in [4.69, 9.17) is 11.0 Å². The number of benzene rings is 1. The van der Waals surface area contributed by atoms with Crippen molar-refractivity contribution >= 4 is 11.4 Å². The van der Waals surface area contributed by atoms with Gasteiger partial charge in [-0.05, 0) is 31.0 Å². The summed E-state index contributed by atoms with van der Waals surface area (Å²) in [6.45, 7) is 0.540. The highest BCUT2D eigenvalue weighted by molar-refractivity contribution is 5.62. The fourth-order valence-electron chi connectivity index (χ4n) is 2.60. The normalized spacial score (nSPS) is 18.3. The van der Waals surface area contributed by atoms with Crippen LogP contribution in [0.25, 0.3) is 0 Å². The first-order chi connectivity index (χ1) is 9.13. The van der Waals surface area contributed by atoms with E-state index in [1.165, 1.54) is 12.8 Å². The Bertz CT molecular complexity index is 471. The van der Waals surface area contributed by atoms with Crippen molar-refractivity contribution in [3.63, 3.8) is 0 Å². The van der Waals surface area contributed by atoms with Gasteiger partial charge in [0.1, 0.15) is 6.07 Å². The molecule has 1 aromatic carbocycles. The van der Waals surface area contributed by atoms with Gasteiger partial charge >= 0.3 is 0 Å². The molecule has 0 radical (unpaired) electrons. The van der Waals surface area contributed by atoms with Crippen molar-refractivity contribution in [3.05, 3.63) is 23.8 Å². The molecule has 0 heterocycles. The molecule has 0 aliphatic heterocycles. The van der Waals surface area contributed by atoms with E-state index in [2.05, 4.69) is 5.32 Å². The van der Waals surface area contributed by atoms with Crippen LogP contribution in [0.2, 0.25) is 0 Å². The molecule has 4 heteroatoms. The molecule has 19 heavy (non-hydrogen) atoms. The minimum absolute atomic E-state index is 0.473. The van der Waals surface area contributed by atoms with Gasteiger partial charge in [-0.3, -0.25) is 0 Å². The fourth-order valence-corrected chi connectivity index (χ4v) is 2.60. The summed E-state index contributed by atoms with van der Waals surface area (Å²) >= 11 is 0. The van der Waals surface area contributed by atoms with Crippen molar-refractivity contribution in [2.24, 2.45) is 0 Å². The zero-order valence-corrected chi connectivity index (χ0v) is 11.2. The van der Waals surface area contributed by atoms with Gasteiger partial charge in [0.2, 0.25) is 0 Å². The van der Waals surface area contributed by atoms with Gasteiger partial charge in [0, 0.05) is 12.2 Å². The number of nitrogens with two attached hydrogens (primary N) is 1. The first kappa shape index (κ1) is 13.7. The lowest BCUT2D eigenvalue weighted by molar-refractivity contribution is 0.0381. The van der Waals surface area contributed by atoms with E-state index in [9.17, 15) is 5.11 Å². The van der Waals surface area contributed by atoms with Gasteiger partial charge in [-0.1, -0.05) is 25.7 Å². The lowest BCUT2D eigenvalue weighted by Gasteiger charge is -2.27. The maximum absolute atomic E-state index is 10.5. The van der Waals surface area contributed by atoms with Crippen LogP contribution in [0.1, 0.15) is 44.1 Å². The molecule has 0 unspecified atom stereocenters. The van der Waals surface area contributed by atoms with Gasteiger partial charge in [0.25, 0.3) is 0 Å². The molecule has 0 saturated heterocycles. The third-order valence-corrected chi connectivity index (χ3v) is 3.83. The summed E-state index contributed by atoms with van der Waals surface area (Å²) in [5.41, 5.74) is 6.97. The smallest absolute Gasteiger partial charge is 0.101 e. The van der Waals surface area contributed by atoms with E-state index in [0.717, 1.165) is 31.4 Å². The molecular weight excluding hydrogens is 238 g/mol. The van der Waals surface area contributed by atoms with Crippen LogP contribution in [0.5, 0.6) is 0 Å². The number of nitrogens with one attached hydrogen (secondary N) is 1. The van der Waals surface area contributed by atoms with Crippen molar-refractivity contribution in [3.8, 4) is 6.07 Å². The Kier molecular flexibility index (Phi) is 4.28. The molecule has 4 N–H and O–H groups in total. The average molecular weight is 259 g/mol. The lowest BCUT2D eigenvalue weighted by atomic mass is 9.94. The monoisotopic (exact) mass is 259 g/mol. The van der Waals surface area contributed by atoms with Gasteiger partial charge in [0.05, 0.1) is 16.9 Å². The molecule has 2 rings (SSSR count). The van der Waals surface area contributed by atoms with Crippen LogP contribution in [0, 0.1) is 11.3 Å². The minimum Gasteiger partial charge on any atom is -0.398 e. The number of hydrogen-bond acceptors (Lipinski definition) is 4. The van der Waals surface area contributed by atoms with Crippen LogP contribution in [0.15, 0.2) is 18.2 Å². The van der Waals surface area contributed by atoms with Gasteiger partial charge in [0.15, 0.2) is 0 Å². The van der Waals surface area contributed by atoms with Gasteiger partial charge < -0.3 is 16.2 Å². The molecule has 0 amide bonds. The van der Waals surface area contributed by atoms with Crippen molar-refractivity contribution in [1.29, 1.82) is 5.26 Å². The van der Waals surface area contributed by atoms with E-state index in [1.807, 2.05) is 12.1 Å². The van der Waals surface area contributed by atoms with Crippen LogP contribution < -0.4 is 11.1 Å². The van der Waals surface area contributed by atoms with E-state index in [1.54, 1.807) is 12.1 Å². The molecule has 1 fully saturated rings. The van der Waals surface area contributed by atoms with Crippen LogP contribution in [-0.2, 0) is 0 Å². The van der Waals surface area contributed by atoms with Crippen molar-refractivity contribution in [2.75, 3.05) is 17.6 Å². The topological polar surface area (TPSA) is 82.1 Å². The quantitative estimate of drug-likeness (QED) is 0.575. The van der Waals surface area contributed by atoms with Crippen LogP contribution >= 0.6 is 0 Å². The molecule has 102 valence electrons. The SMILES string of the molecule is N#Cc1ccc(NCC2(O)CCCCCC2)cc1N. The van der Waals surface area contributed by atoms with Gasteiger partial charge in [-0.25, -0.2) is 0 Å². The molecule has 1 saturated carbocycles. The van der Waals surface area contributed by atoms with E-state index >= 15 is 0 Å². The molecule has 1 aromatic rings. The molecule has 4 nitrogen and oxygen atoms in total. The van der Waals surface area contributed by atoms with E-state index in [-0.39, 0.29) is 0 Å². The van der Waals surface area contributed by atoms with E-state index in [0.29, 0.717) is 17.8 Å². The number of hydrogen-bond donors (Lipinski definition) is 3. The zero-order valence-electron chi connectivity index (χ0n) is 11.2. The van der Waals surface area contributed by atoms with Crippen molar-refractivity contribution in [1.82, 2.24) is 0 Å². The van der Waals surface area contributed by atoms with Crippen molar-refractivity contribution in [2.45, 2.75) is 44.1 Å². The standard InChI is InChI=1S/C15H21N3O/c16-10-12-5-6-13(9-14(12)17)18-11-15(19)7-3-1-2-4-8-15/h5-6,9,18-19H,1-4,7-8,11,17H2. The number of nitriles is 1. The second-order valence-electron chi connectivity index (χ2n) is 5.41. The van der Waals surface area contributed by atoms with Crippen LogP contribution in [0.4, 0.5) is 11.4 Å². The largest absolute Gasteiger partial charge is 0.398 e. The highest BCUT2D eigenvalue weighted by Gasteiger charge is 2.27. The summed E-state index contributed by atoms with van der Waals surface area (Å²) in [6.07, 6.45) is 6.32. The third kappa shape index (κ3) is 3.62. The number of nitrogens with zero attached hydrogens (tertiary/aromatic N) is 1. The Morgan fingerprint density at radius 2 is 1.95 bits per heavy atom. The second-order valence-corrected chi connectivity index (χ2v) is 5.41. The van der Waals surface area contributed by atoms with Crippen molar-refractivity contribution < 1.29 is 5.11 Å². The number of aliphatic hydroxyl groups is 1. The summed E-state index contributed by atoms with van der Waals surface area (Å²) in [4.78, 5) is 0. The summed E-state index contributed by atoms with van der Waals surface area (Å²) < 4.78 is 0. The predicted octanol–water partition coefficient (Wildman–Crippen LogP) is 2.64. The Labute approximate surface area is 114 Å². The molecule has 0 aromatic heterocycles. The summed E-state index contributed by atoms with van der Waals surface area (Å²) in [7, 11) is 0. The molecule has 0 bridgehead atoms. The lowest BCUT2D eigenvalue weighted by Crippen LogP contribution is -2.36. The maximum atomic E-state index is 10.5. The van der Waals surface area contributed by atoms with Gasteiger partial charge in [-0.2, -0.15) is 5.26 Å². The Hall–Kier alpha value is -1.73. The average Bonchev–Trinajstić information content (AvgIpc) is 2.62. The second kappa shape index (κ2) is 5.94. The summed E-state index contributed by atoms with van der Waals surface area (Å²) in [6, 6.07) is 7.32. The first-order valence-corrected chi connectivity index (χ1v) is 6.89. The van der Waals surface area contributed by atoms with Crippen LogP contribution in [-0.4, -0.2) is 17.3 Å². The number of anilines is 2. The molecule has 1 aliphatic rings. The Morgan fingerprint density at radius 1 is 1.26 bits per heavy atom. The summed E-state index contributed by atoms with van der Waals surface area (Å²) in [5, 5.41) is 22.6. The molecular formula is C15H21N3O. The zero-order chi connectivity index (χ0) is 13.7. The first-order valence-electron chi connectivity index (χ1n) is 6.89.